The molecule has 4 nitrogen and oxygen atoms in total. The van der Waals surface area contributed by atoms with Gasteiger partial charge in [-0.25, -0.2) is 0 Å². The summed E-state index contributed by atoms with van der Waals surface area (Å²) in [5.74, 6) is 2.66. The van der Waals surface area contributed by atoms with Crippen molar-refractivity contribution in [3.63, 3.8) is 0 Å². The van der Waals surface area contributed by atoms with Gasteiger partial charge in [0.05, 0.1) is 0 Å². The molecular formula is C24H26N2O2. The van der Waals surface area contributed by atoms with E-state index in [9.17, 15) is 0 Å². The minimum Gasteiger partial charge on any atom is -0.454 e. The maximum Gasteiger partial charge on any atom is 0.231 e. The van der Waals surface area contributed by atoms with Crippen LogP contribution in [0.1, 0.15) is 59.9 Å². The third-order valence-corrected chi connectivity index (χ3v) is 8.23. The topological polar surface area (TPSA) is 33.7 Å². The van der Waals surface area contributed by atoms with Crippen molar-refractivity contribution >= 4 is 5.69 Å². The minimum atomic E-state index is 0.215. The molecule has 3 heterocycles. The summed E-state index contributed by atoms with van der Waals surface area (Å²) in [5, 5.41) is 3.81. The molecule has 0 saturated heterocycles. The standard InChI is InChI=1S/C24H26N2O2/c1-26-9-7-14-10-20-23(28-13-27-20)22-21(14)19(26)12-24(22)8-6-18-16(11-24)15-4-2-3-5-17(15)25-18/h2-5,10,16,18-19,25H,6-9,11-13H2,1H3. The summed E-state index contributed by atoms with van der Waals surface area (Å²) in [6.07, 6.45) is 6.05. The summed E-state index contributed by atoms with van der Waals surface area (Å²) in [7, 11) is 2.30. The van der Waals surface area contributed by atoms with E-state index in [0.717, 1.165) is 24.5 Å². The van der Waals surface area contributed by atoms with Gasteiger partial charge in [-0.1, -0.05) is 18.2 Å². The minimum absolute atomic E-state index is 0.215. The number of nitrogens with one attached hydrogen (secondary N) is 1. The Labute approximate surface area is 165 Å². The molecular weight excluding hydrogens is 348 g/mol. The normalized spacial score (nSPS) is 34.1. The van der Waals surface area contributed by atoms with Crippen LogP contribution < -0.4 is 14.8 Å². The second-order valence-corrected chi connectivity index (χ2v) is 9.48. The van der Waals surface area contributed by atoms with Crippen LogP contribution in [0, 0.1) is 0 Å². The number of rotatable bonds is 0. The van der Waals surface area contributed by atoms with Crippen LogP contribution in [0.2, 0.25) is 0 Å². The molecule has 144 valence electrons. The number of benzene rings is 2. The number of anilines is 1. The Morgan fingerprint density at radius 1 is 1.18 bits per heavy atom. The highest BCUT2D eigenvalue weighted by molar-refractivity contribution is 5.65. The van der Waals surface area contributed by atoms with Crippen LogP contribution >= 0.6 is 0 Å². The first kappa shape index (κ1) is 15.7. The van der Waals surface area contributed by atoms with Crippen LogP contribution in [-0.2, 0) is 11.8 Å². The largest absolute Gasteiger partial charge is 0.454 e. The van der Waals surface area contributed by atoms with E-state index >= 15 is 0 Å². The molecule has 4 atom stereocenters. The van der Waals surface area contributed by atoms with Gasteiger partial charge in [0.25, 0.3) is 0 Å². The van der Waals surface area contributed by atoms with E-state index in [0.29, 0.717) is 24.8 Å². The molecule has 1 fully saturated rings. The Morgan fingerprint density at radius 3 is 3.07 bits per heavy atom. The van der Waals surface area contributed by atoms with Gasteiger partial charge in [-0.2, -0.15) is 0 Å². The van der Waals surface area contributed by atoms with E-state index in [1.807, 2.05) is 0 Å². The summed E-state index contributed by atoms with van der Waals surface area (Å²) >= 11 is 0. The first-order chi connectivity index (χ1) is 13.7. The number of likely N-dealkylation sites (N-methyl/N-ethyl adjacent to an activating group) is 1. The molecule has 0 bridgehead atoms. The quantitative estimate of drug-likeness (QED) is 0.743. The van der Waals surface area contributed by atoms with E-state index in [-0.39, 0.29) is 5.41 Å². The van der Waals surface area contributed by atoms with Gasteiger partial charge in [0.15, 0.2) is 11.5 Å². The Morgan fingerprint density at radius 2 is 2.11 bits per heavy atom. The van der Waals surface area contributed by atoms with E-state index in [4.69, 9.17) is 9.47 Å². The van der Waals surface area contributed by atoms with Crippen molar-refractivity contribution in [1.29, 1.82) is 0 Å². The van der Waals surface area contributed by atoms with Crippen LogP contribution in [0.15, 0.2) is 30.3 Å². The zero-order valence-corrected chi connectivity index (χ0v) is 16.3. The summed E-state index contributed by atoms with van der Waals surface area (Å²) in [5.41, 5.74) is 7.68. The molecule has 1 saturated carbocycles. The number of hydrogen-bond acceptors (Lipinski definition) is 4. The second-order valence-electron chi connectivity index (χ2n) is 9.48. The molecule has 2 aromatic rings. The predicted molar refractivity (Wildman–Crippen MR) is 108 cm³/mol. The molecule has 2 aromatic carbocycles. The molecule has 2 aliphatic carbocycles. The highest BCUT2D eigenvalue weighted by Crippen LogP contribution is 2.64. The van der Waals surface area contributed by atoms with Gasteiger partial charge < -0.3 is 14.8 Å². The van der Waals surface area contributed by atoms with Crippen molar-refractivity contribution in [1.82, 2.24) is 4.90 Å². The van der Waals surface area contributed by atoms with Crippen molar-refractivity contribution in [3.05, 3.63) is 52.6 Å². The molecule has 4 heteroatoms. The van der Waals surface area contributed by atoms with Crippen LogP contribution in [-0.4, -0.2) is 31.3 Å². The third kappa shape index (κ3) is 1.85. The van der Waals surface area contributed by atoms with Gasteiger partial charge in [-0.05, 0) is 68.0 Å². The van der Waals surface area contributed by atoms with Gasteiger partial charge in [-0.3, -0.25) is 4.90 Å². The number of fused-ring (bicyclic) bond motifs is 6. The van der Waals surface area contributed by atoms with Crippen molar-refractivity contribution in [3.8, 4) is 11.5 Å². The van der Waals surface area contributed by atoms with Crippen molar-refractivity contribution in [2.45, 2.75) is 55.5 Å². The highest BCUT2D eigenvalue weighted by Gasteiger charge is 2.55. The predicted octanol–water partition coefficient (Wildman–Crippen LogP) is 4.35. The lowest BCUT2D eigenvalue weighted by molar-refractivity contribution is 0.162. The van der Waals surface area contributed by atoms with Crippen LogP contribution in [0.4, 0.5) is 5.69 Å². The van der Waals surface area contributed by atoms with E-state index in [2.05, 4.69) is 47.6 Å². The molecule has 1 spiro atoms. The molecule has 7 rings (SSSR count). The fourth-order valence-electron chi connectivity index (χ4n) is 6.99. The lowest BCUT2D eigenvalue weighted by atomic mass is 9.64. The maximum absolute atomic E-state index is 6.10. The molecule has 0 aromatic heterocycles. The molecule has 5 aliphatic rings. The zero-order chi connectivity index (χ0) is 18.5. The van der Waals surface area contributed by atoms with E-state index in [1.54, 1.807) is 5.56 Å². The monoisotopic (exact) mass is 374 g/mol. The second kappa shape index (κ2) is 5.24. The average molecular weight is 374 g/mol. The Kier molecular flexibility index (Phi) is 2.93. The van der Waals surface area contributed by atoms with Crippen molar-refractivity contribution < 1.29 is 9.47 Å². The van der Waals surface area contributed by atoms with Crippen LogP contribution in [0.3, 0.4) is 0 Å². The fraction of sp³-hybridized carbons (Fsp3) is 0.500. The summed E-state index contributed by atoms with van der Waals surface area (Å²) < 4.78 is 12.0. The SMILES string of the molecule is CN1CCc2cc3c(c4c2C1CC41CCC2Nc4ccccc4C2C1)OCO3. The number of hydrogen-bond donors (Lipinski definition) is 1. The van der Waals surface area contributed by atoms with E-state index in [1.165, 1.54) is 48.1 Å². The molecule has 0 radical (unpaired) electrons. The Bertz CT molecular complexity index is 1000. The van der Waals surface area contributed by atoms with Crippen molar-refractivity contribution in [2.75, 3.05) is 25.7 Å². The van der Waals surface area contributed by atoms with Gasteiger partial charge in [0, 0.05) is 41.2 Å². The lowest BCUT2D eigenvalue weighted by Gasteiger charge is -2.41. The molecule has 1 N–H and O–H groups in total. The number of nitrogens with zero attached hydrogens (tertiary/aromatic N) is 1. The molecule has 4 unspecified atom stereocenters. The van der Waals surface area contributed by atoms with Crippen LogP contribution in [0.25, 0.3) is 0 Å². The highest BCUT2D eigenvalue weighted by atomic mass is 16.7. The smallest absolute Gasteiger partial charge is 0.231 e. The first-order valence-electron chi connectivity index (χ1n) is 10.8. The zero-order valence-electron chi connectivity index (χ0n) is 16.3. The van der Waals surface area contributed by atoms with Crippen LogP contribution in [0.5, 0.6) is 11.5 Å². The van der Waals surface area contributed by atoms with Gasteiger partial charge in [0.2, 0.25) is 6.79 Å². The van der Waals surface area contributed by atoms with Gasteiger partial charge >= 0.3 is 0 Å². The summed E-state index contributed by atoms with van der Waals surface area (Å²) in [4.78, 5) is 2.58. The lowest BCUT2D eigenvalue weighted by Crippen LogP contribution is -2.38. The molecule has 3 aliphatic heterocycles. The fourth-order valence-corrected chi connectivity index (χ4v) is 6.99. The Balaban J connectivity index is 1.40. The number of ether oxygens (including phenoxy) is 2. The first-order valence-corrected chi connectivity index (χ1v) is 10.8. The third-order valence-electron chi connectivity index (χ3n) is 8.23. The molecule has 0 amide bonds. The van der Waals surface area contributed by atoms with Crippen molar-refractivity contribution in [2.24, 2.45) is 0 Å². The van der Waals surface area contributed by atoms with Gasteiger partial charge in [0.1, 0.15) is 0 Å². The summed E-state index contributed by atoms with van der Waals surface area (Å²) in [6.45, 7) is 1.52. The Hall–Kier alpha value is -2.20. The molecule has 28 heavy (non-hydrogen) atoms. The number of para-hydroxylation sites is 1. The average Bonchev–Trinajstić information content (AvgIpc) is 3.40. The van der Waals surface area contributed by atoms with Gasteiger partial charge in [-0.15, -0.1) is 0 Å². The maximum atomic E-state index is 6.10. The summed E-state index contributed by atoms with van der Waals surface area (Å²) in [6, 6.07) is 12.3. The van der Waals surface area contributed by atoms with E-state index < -0.39 is 0 Å².